The first kappa shape index (κ1) is 11.0. The molecular formula is C8H5BrF2N2O. The minimum Gasteiger partial charge on any atom is -0.390 e. The summed E-state index contributed by atoms with van der Waals surface area (Å²) in [6.07, 6.45) is -2.72. The summed E-state index contributed by atoms with van der Waals surface area (Å²) in [5.41, 5.74) is -0.422. The summed E-state index contributed by atoms with van der Waals surface area (Å²) in [6.45, 7) is -0.540. The van der Waals surface area contributed by atoms with Crippen molar-refractivity contribution >= 4 is 15.9 Å². The van der Waals surface area contributed by atoms with Crippen molar-refractivity contribution in [1.82, 2.24) is 4.98 Å². The van der Waals surface area contributed by atoms with Crippen molar-refractivity contribution in [1.29, 1.82) is 5.26 Å². The highest BCUT2D eigenvalue weighted by Gasteiger charge is 2.15. The lowest BCUT2D eigenvalue weighted by atomic mass is 10.2. The minimum atomic E-state index is -2.72. The van der Waals surface area contributed by atoms with E-state index in [0.717, 1.165) is 6.07 Å². The van der Waals surface area contributed by atoms with Crippen molar-refractivity contribution in [3.05, 3.63) is 27.5 Å². The van der Waals surface area contributed by atoms with Crippen LogP contribution in [-0.4, -0.2) is 10.1 Å². The van der Waals surface area contributed by atoms with Crippen LogP contribution in [0, 0.1) is 11.3 Å². The second kappa shape index (κ2) is 4.44. The Morgan fingerprint density at radius 3 is 2.71 bits per heavy atom. The molecule has 74 valence electrons. The largest absolute Gasteiger partial charge is 0.390 e. The van der Waals surface area contributed by atoms with E-state index in [9.17, 15) is 8.78 Å². The standard InChI is InChI=1S/C8H5BrF2N2O/c9-5-1-6(8(10)11)13-7(3-14)4(5)2-12/h1,8,14H,3H2. The first-order valence-corrected chi connectivity index (χ1v) is 4.38. The Morgan fingerprint density at radius 2 is 2.29 bits per heavy atom. The van der Waals surface area contributed by atoms with Crippen LogP contribution < -0.4 is 0 Å². The third-order valence-corrected chi connectivity index (χ3v) is 2.18. The number of aromatic nitrogens is 1. The lowest BCUT2D eigenvalue weighted by Crippen LogP contribution is -2.00. The molecule has 0 saturated heterocycles. The molecule has 0 radical (unpaired) electrons. The average Bonchev–Trinajstić information content (AvgIpc) is 2.16. The number of hydrogen-bond donors (Lipinski definition) is 1. The lowest BCUT2D eigenvalue weighted by molar-refractivity contribution is 0.145. The van der Waals surface area contributed by atoms with Crippen LogP contribution in [-0.2, 0) is 6.61 Å². The summed E-state index contributed by atoms with van der Waals surface area (Å²) >= 11 is 2.96. The molecule has 0 atom stereocenters. The van der Waals surface area contributed by atoms with E-state index >= 15 is 0 Å². The van der Waals surface area contributed by atoms with Crippen LogP contribution in [0.15, 0.2) is 10.5 Å². The molecule has 0 aliphatic carbocycles. The highest BCUT2D eigenvalue weighted by atomic mass is 79.9. The van der Waals surface area contributed by atoms with Gasteiger partial charge in [-0.05, 0) is 22.0 Å². The van der Waals surface area contributed by atoms with Gasteiger partial charge < -0.3 is 5.11 Å². The van der Waals surface area contributed by atoms with E-state index < -0.39 is 18.7 Å². The fourth-order valence-electron chi connectivity index (χ4n) is 0.928. The zero-order chi connectivity index (χ0) is 10.7. The molecular weight excluding hydrogens is 258 g/mol. The summed E-state index contributed by atoms with van der Waals surface area (Å²) in [5.74, 6) is 0. The third-order valence-electron chi connectivity index (χ3n) is 1.55. The number of aliphatic hydroxyl groups is 1. The highest BCUT2D eigenvalue weighted by Crippen LogP contribution is 2.25. The van der Waals surface area contributed by atoms with Crippen molar-refractivity contribution < 1.29 is 13.9 Å². The number of halogens is 3. The molecule has 1 aromatic heterocycles. The molecule has 0 aliphatic heterocycles. The van der Waals surface area contributed by atoms with Crippen LogP contribution in [0.2, 0.25) is 0 Å². The number of aliphatic hydroxyl groups excluding tert-OH is 1. The Labute approximate surface area is 87.1 Å². The van der Waals surface area contributed by atoms with Crippen LogP contribution >= 0.6 is 15.9 Å². The van der Waals surface area contributed by atoms with Crippen molar-refractivity contribution in [3.63, 3.8) is 0 Å². The summed E-state index contributed by atoms with van der Waals surface area (Å²) in [4.78, 5) is 3.47. The molecule has 1 rings (SSSR count). The molecule has 0 fully saturated rings. The number of rotatable bonds is 2. The topological polar surface area (TPSA) is 56.9 Å². The normalized spacial score (nSPS) is 10.3. The van der Waals surface area contributed by atoms with Gasteiger partial charge in [0.2, 0.25) is 0 Å². The van der Waals surface area contributed by atoms with Crippen LogP contribution in [0.4, 0.5) is 8.78 Å². The maximum atomic E-state index is 12.3. The smallest absolute Gasteiger partial charge is 0.280 e. The molecule has 0 unspecified atom stereocenters. The van der Waals surface area contributed by atoms with Gasteiger partial charge in [-0.15, -0.1) is 0 Å². The lowest BCUT2D eigenvalue weighted by Gasteiger charge is -2.05. The maximum Gasteiger partial charge on any atom is 0.280 e. The second-order valence-corrected chi connectivity index (χ2v) is 3.28. The van der Waals surface area contributed by atoms with E-state index in [1.165, 1.54) is 0 Å². The third kappa shape index (κ3) is 2.05. The van der Waals surface area contributed by atoms with Crippen molar-refractivity contribution in [2.45, 2.75) is 13.0 Å². The van der Waals surface area contributed by atoms with E-state index in [1.807, 2.05) is 0 Å². The number of hydrogen-bond acceptors (Lipinski definition) is 3. The molecule has 3 nitrogen and oxygen atoms in total. The fourth-order valence-corrected chi connectivity index (χ4v) is 1.48. The van der Waals surface area contributed by atoms with Crippen molar-refractivity contribution in [2.24, 2.45) is 0 Å². The van der Waals surface area contributed by atoms with Gasteiger partial charge in [0.1, 0.15) is 11.8 Å². The van der Waals surface area contributed by atoms with Crippen LogP contribution in [0.3, 0.4) is 0 Å². The van der Waals surface area contributed by atoms with E-state index in [2.05, 4.69) is 20.9 Å². The maximum absolute atomic E-state index is 12.3. The predicted molar refractivity (Wildman–Crippen MR) is 47.5 cm³/mol. The molecule has 0 amide bonds. The highest BCUT2D eigenvalue weighted by molar-refractivity contribution is 9.10. The monoisotopic (exact) mass is 262 g/mol. The average molecular weight is 263 g/mol. The van der Waals surface area contributed by atoms with E-state index in [0.29, 0.717) is 0 Å². The quantitative estimate of drug-likeness (QED) is 0.889. The van der Waals surface area contributed by atoms with Gasteiger partial charge in [0.25, 0.3) is 6.43 Å². The molecule has 1 N–H and O–H groups in total. The Hall–Kier alpha value is -1.06. The Kier molecular flexibility index (Phi) is 3.49. The SMILES string of the molecule is N#Cc1c(Br)cc(C(F)F)nc1CO. The van der Waals surface area contributed by atoms with E-state index in [4.69, 9.17) is 10.4 Å². The van der Waals surface area contributed by atoms with Crippen LogP contribution in [0.25, 0.3) is 0 Å². The molecule has 0 saturated carbocycles. The van der Waals surface area contributed by atoms with E-state index in [-0.39, 0.29) is 15.7 Å². The van der Waals surface area contributed by atoms with Gasteiger partial charge in [0, 0.05) is 4.47 Å². The molecule has 1 heterocycles. The van der Waals surface area contributed by atoms with Gasteiger partial charge in [-0.2, -0.15) is 5.26 Å². The molecule has 1 aromatic rings. The molecule has 0 bridgehead atoms. The summed E-state index contributed by atoms with van der Waals surface area (Å²) in [6, 6.07) is 2.84. The van der Waals surface area contributed by atoms with E-state index in [1.54, 1.807) is 6.07 Å². The Morgan fingerprint density at radius 1 is 1.64 bits per heavy atom. The van der Waals surface area contributed by atoms with Gasteiger partial charge in [-0.25, -0.2) is 13.8 Å². The van der Waals surface area contributed by atoms with Crippen molar-refractivity contribution in [3.8, 4) is 6.07 Å². The van der Waals surface area contributed by atoms with Crippen LogP contribution in [0.5, 0.6) is 0 Å². The van der Waals surface area contributed by atoms with Crippen molar-refractivity contribution in [2.75, 3.05) is 0 Å². The van der Waals surface area contributed by atoms with Gasteiger partial charge >= 0.3 is 0 Å². The number of nitrogens with zero attached hydrogens (tertiary/aromatic N) is 2. The predicted octanol–water partition coefficient (Wildman–Crippen LogP) is 2.15. The molecule has 0 aromatic carbocycles. The Balaban J connectivity index is 3.33. The zero-order valence-corrected chi connectivity index (χ0v) is 8.42. The number of nitriles is 1. The number of alkyl halides is 2. The summed E-state index contributed by atoms with van der Waals surface area (Å²) in [5, 5.41) is 17.4. The first-order chi connectivity index (χ1) is 6.60. The number of pyridine rings is 1. The second-order valence-electron chi connectivity index (χ2n) is 2.42. The van der Waals surface area contributed by atoms with Gasteiger partial charge in [-0.3, -0.25) is 0 Å². The van der Waals surface area contributed by atoms with Gasteiger partial charge in [0.05, 0.1) is 17.9 Å². The van der Waals surface area contributed by atoms with Gasteiger partial charge in [0.15, 0.2) is 0 Å². The molecule has 14 heavy (non-hydrogen) atoms. The minimum absolute atomic E-state index is 0.0443. The zero-order valence-electron chi connectivity index (χ0n) is 6.84. The van der Waals surface area contributed by atoms with Gasteiger partial charge in [-0.1, -0.05) is 0 Å². The summed E-state index contributed by atoms with van der Waals surface area (Å²) < 4.78 is 24.7. The van der Waals surface area contributed by atoms with Crippen LogP contribution in [0.1, 0.15) is 23.4 Å². The molecule has 0 spiro atoms. The Bertz CT molecular complexity index is 390. The first-order valence-electron chi connectivity index (χ1n) is 3.58. The summed E-state index contributed by atoms with van der Waals surface area (Å²) in [7, 11) is 0. The fraction of sp³-hybridized carbons (Fsp3) is 0.250. The molecule has 0 aliphatic rings. The molecule has 6 heteroatoms.